The van der Waals surface area contributed by atoms with Crippen molar-refractivity contribution in [3.05, 3.63) is 29.8 Å². The highest BCUT2D eigenvalue weighted by Crippen LogP contribution is 2.17. The lowest BCUT2D eigenvalue weighted by atomic mass is 10.0. The molecule has 0 spiro atoms. The van der Waals surface area contributed by atoms with Crippen molar-refractivity contribution in [2.45, 2.75) is 5.92 Å². The summed E-state index contributed by atoms with van der Waals surface area (Å²) in [6.45, 7) is 0. The van der Waals surface area contributed by atoms with Crippen molar-refractivity contribution in [1.82, 2.24) is 0 Å². The molecule has 1 aromatic carbocycles. The second-order valence-electron chi connectivity index (χ2n) is 3.23. The van der Waals surface area contributed by atoms with E-state index in [-0.39, 0.29) is 0 Å². The van der Waals surface area contributed by atoms with E-state index in [1.165, 1.54) is 0 Å². The molecule has 0 saturated heterocycles. The number of aldehydes is 1. The average molecular weight is 188 g/mol. The third-order valence-electron chi connectivity index (χ3n) is 2.04. The van der Waals surface area contributed by atoms with Gasteiger partial charge in [-0.15, -0.1) is 0 Å². The number of rotatable bonds is 3. The van der Waals surface area contributed by atoms with Gasteiger partial charge in [0.1, 0.15) is 12.2 Å². The quantitative estimate of drug-likeness (QED) is 0.676. The van der Waals surface area contributed by atoms with Crippen LogP contribution >= 0.6 is 0 Å². The third kappa shape index (κ3) is 2.11. The Balaban J connectivity index is 2.94. The fraction of sp³-hybridized carbons (Fsp3) is 0.273. The lowest BCUT2D eigenvalue weighted by Crippen LogP contribution is -2.08. The van der Waals surface area contributed by atoms with Crippen molar-refractivity contribution in [3.63, 3.8) is 0 Å². The van der Waals surface area contributed by atoms with Gasteiger partial charge in [0, 0.05) is 19.8 Å². The van der Waals surface area contributed by atoms with Crippen LogP contribution in [0.4, 0.5) is 5.69 Å². The molecule has 3 nitrogen and oxygen atoms in total. The molecule has 1 atom stereocenters. The van der Waals surface area contributed by atoms with Gasteiger partial charge in [-0.05, 0) is 17.7 Å². The first-order chi connectivity index (χ1) is 6.69. The Morgan fingerprint density at radius 2 is 1.93 bits per heavy atom. The predicted octanol–water partition coefficient (Wildman–Crippen LogP) is 1.56. The van der Waals surface area contributed by atoms with Crippen LogP contribution in [0.3, 0.4) is 0 Å². The van der Waals surface area contributed by atoms with Gasteiger partial charge in [0.15, 0.2) is 0 Å². The molecule has 1 rings (SSSR count). The van der Waals surface area contributed by atoms with Crippen LogP contribution in [-0.2, 0) is 4.79 Å². The third-order valence-corrected chi connectivity index (χ3v) is 2.04. The first-order valence-electron chi connectivity index (χ1n) is 4.31. The Morgan fingerprint density at radius 1 is 1.36 bits per heavy atom. The van der Waals surface area contributed by atoms with Crippen molar-refractivity contribution in [3.8, 4) is 6.07 Å². The maximum absolute atomic E-state index is 10.5. The summed E-state index contributed by atoms with van der Waals surface area (Å²) < 4.78 is 0. The summed E-state index contributed by atoms with van der Waals surface area (Å²) in [6.07, 6.45) is 0.657. The number of anilines is 1. The van der Waals surface area contributed by atoms with Gasteiger partial charge >= 0.3 is 0 Å². The number of carbonyl (C=O) groups is 1. The average Bonchev–Trinajstić information content (AvgIpc) is 2.20. The van der Waals surface area contributed by atoms with Crippen molar-refractivity contribution in [1.29, 1.82) is 5.26 Å². The SMILES string of the molecule is CN(C)c1ccc(C(C#N)C=O)cc1. The summed E-state index contributed by atoms with van der Waals surface area (Å²) in [6, 6.07) is 9.33. The molecule has 1 unspecified atom stereocenters. The second-order valence-corrected chi connectivity index (χ2v) is 3.23. The second kappa shape index (κ2) is 4.43. The van der Waals surface area contributed by atoms with E-state index in [2.05, 4.69) is 0 Å². The Hall–Kier alpha value is -1.82. The van der Waals surface area contributed by atoms with Crippen LogP contribution < -0.4 is 4.90 Å². The molecule has 0 heterocycles. The molecule has 14 heavy (non-hydrogen) atoms. The molecule has 72 valence electrons. The fourth-order valence-electron chi connectivity index (χ4n) is 1.16. The Labute approximate surface area is 83.6 Å². The predicted molar refractivity (Wildman–Crippen MR) is 55.2 cm³/mol. The number of hydrogen-bond acceptors (Lipinski definition) is 3. The molecule has 0 amide bonds. The largest absolute Gasteiger partial charge is 0.378 e. The van der Waals surface area contributed by atoms with Crippen LogP contribution in [0.2, 0.25) is 0 Å². The maximum atomic E-state index is 10.5. The number of carbonyl (C=O) groups excluding carboxylic acids is 1. The van der Waals surface area contributed by atoms with Gasteiger partial charge in [-0.25, -0.2) is 0 Å². The molecule has 0 bridgehead atoms. The first kappa shape index (κ1) is 10.3. The van der Waals surface area contributed by atoms with Gasteiger partial charge in [-0.3, -0.25) is 0 Å². The van der Waals surface area contributed by atoms with E-state index in [9.17, 15) is 4.79 Å². The molecule has 0 fully saturated rings. The van der Waals surface area contributed by atoms with Gasteiger partial charge in [0.25, 0.3) is 0 Å². The van der Waals surface area contributed by atoms with Crippen molar-refractivity contribution < 1.29 is 4.79 Å². The zero-order chi connectivity index (χ0) is 10.6. The van der Waals surface area contributed by atoms with Gasteiger partial charge < -0.3 is 9.69 Å². The van der Waals surface area contributed by atoms with Crippen molar-refractivity contribution >= 4 is 12.0 Å². The maximum Gasteiger partial charge on any atom is 0.141 e. The molecular formula is C11H12N2O. The zero-order valence-corrected chi connectivity index (χ0v) is 8.27. The van der Waals surface area contributed by atoms with Crippen LogP contribution in [-0.4, -0.2) is 20.4 Å². The topological polar surface area (TPSA) is 44.1 Å². The summed E-state index contributed by atoms with van der Waals surface area (Å²) in [5.74, 6) is -0.647. The van der Waals surface area contributed by atoms with Crippen LogP contribution in [0, 0.1) is 11.3 Å². The van der Waals surface area contributed by atoms with Crippen LogP contribution in [0.15, 0.2) is 24.3 Å². The minimum absolute atomic E-state index is 0.647. The van der Waals surface area contributed by atoms with E-state index in [0.717, 1.165) is 11.3 Å². The summed E-state index contributed by atoms with van der Waals surface area (Å²) in [5.41, 5.74) is 1.80. The highest BCUT2D eigenvalue weighted by atomic mass is 16.1. The molecule has 0 saturated carbocycles. The minimum Gasteiger partial charge on any atom is -0.378 e. The van der Waals surface area contributed by atoms with Crippen molar-refractivity contribution in [2.24, 2.45) is 0 Å². The lowest BCUT2D eigenvalue weighted by molar-refractivity contribution is -0.108. The van der Waals surface area contributed by atoms with Gasteiger partial charge in [-0.1, -0.05) is 12.1 Å². The Morgan fingerprint density at radius 3 is 2.29 bits per heavy atom. The van der Waals surface area contributed by atoms with Crippen molar-refractivity contribution in [2.75, 3.05) is 19.0 Å². The highest BCUT2D eigenvalue weighted by Gasteiger charge is 2.08. The molecule has 1 aromatic rings. The van der Waals surface area contributed by atoms with E-state index >= 15 is 0 Å². The van der Waals surface area contributed by atoms with Gasteiger partial charge in [-0.2, -0.15) is 5.26 Å². The smallest absolute Gasteiger partial charge is 0.141 e. The van der Waals surface area contributed by atoms with E-state index < -0.39 is 5.92 Å². The number of benzene rings is 1. The molecule has 0 aromatic heterocycles. The van der Waals surface area contributed by atoms with Gasteiger partial charge in [0.2, 0.25) is 0 Å². The lowest BCUT2D eigenvalue weighted by Gasteiger charge is -2.12. The monoisotopic (exact) mass is 188 g/mol. The molecule has 3 heteroatoms. The summed E-state index contributed by atoms with van der Waals surface area (Å²) in [7, 11) is 3.88. The summed E-state index contributed by atoms with van der Waals surface area (Å²) >= 11 is 0. The van der Waals surface area contributed by atoms with E-state index in [1.54, 1.807) is 12.1 Å². The molecule has 0 aliphatic heterocycles. The highest BCUT2D eigenvalue weighted by molar-refractivity contribution is 5.67. The molecule has 0 aliphatic carbocycles. The molecular weight excluding hydrogens is 176 g/mol. The number of nitrogens with zero attached hydrogens (tertiary/aromatic N) is 2. The van der Waals surface area contributed by atoms with Crippen LogP contribution in [0.25, 0.3) is 0 Å². The van der Waals surface area contributed by atoms with Crippen LogP contribution in [0.5, 0.6) is 0 Å². The Bertz CT molecular complexity index is 349. The number of nitriles is 1. The molecule has 0 N–H and O–H groups in total. The minimum atomic E-state index is -0.647. The Kier molecular flexibility index (Phi) is 3.24. The normalized spacial score (nSPS) is 11.5. The van der Waals surface area contributed by atoms with E-state index in [4.69, 9.17) is 5.26 Å². The summed E-state index contributed by atoms with van der Waals surface area (Å²) in [5, 5.41) is 8.67. The fourth-order valence-corrected chi connectivity index (χ4v) is 1.16. The standard InChI is InChI=1S/C11H12N2O/c1-13(2)11-5-3-9(4-6-11)10(7-12)8-14/h3-6,8,10H,1-2H3. The van der Waals surface area contributed by atoms with E-state index in [0.29, 0.717) is 6.29 Å². The van der Waals surface area contributed by atoms with Crippen LogP contribution in [0.1, 0.15) is 11.5 Å². The molecule has 0 radical (unpaired) electrons. The van der Waals surface area contributed by atoms with E-state index in [1.807, 2.05) is 37.2 Å². The summed E-state index contributed by atoms with van der Waals surface area (Å²) in [4.78, 5) is 12.5. The molecule has 0 aliphatic rings. The first-order valence-corrected chi connectivity index (χ1v) is 4.31. The zero-order valence-electron chi connectivity index (χ0n) is 8.27. The number of hydrogen-bond donors (Lipinski definition) is 0. The van der Waals surface area contributed by atoms with Gasteiger partial charge in [0.05, 0.1) is 6.07 Å².